The summed E-state index contributed by atoms with van der Waals surface area (Å²) in [5, 5.41) is 2.39. The molecular weight excluding hydrogens is 474 g/mol. The minimum atomic E-state index is -0.898. The van der Waals surface area contributed by atoms with Gasteiger partial charge in [-0.3, -0.25) is 4.79 Å². The fourth-order valence-corrected chi connectivity index (χ4v) is 3.72. The van der Waals surface area contributed by atoms with Crippen molar-refractivity contribution in [2.45, 2.75) is 39.1 Å². The van der Waals surface area contributed by atoms with Gasteiger partial charge < -0.3 is 24.3 Å². The van der Waals surface area contributed by atoms with Crippen molar-refractivity contribution in [1.29, 1.82) is 0 Å². The van der Waals surface area contributed by atoms with Gasteiger partial charge in [0.2, 0.25) is 6.29 Å². The Morgan fingerprint density at radius 3 is 2.38 bits per heavy atom. The number of ether oxygens (including phenoxy) is 4. The van der Waals surface area contributed by atoms with Crippen molar-refractivity contribution >= 4 is 17.8 Å². The van der Waals surface area contributed by atoms with E-state index in [-0.39, 0.29) is 24.2 Å². The summed E-state index contributed by atoms with van der Waals surface area (Å²) >= 11 is 0. The molecule has 37 heavy (non-hydrogen) atoms. The van der Waals surface area contributed by atoms with Crippen molar-refractivity contribution in [3.8, 4) is 11.5 Å². The molecule has 8 nitrogen and oxygen atoms in total. The molecule has 192 valence electrons. The van der Waals surface area contributed by atoms with Crippen molar-refractivity contribution in [3.05, 3.63) is 95.1 Å². The number of carbonyl (C=O) groups excluding carboxylic acids is 3. The molecule has 0 saturated carbocycles. The van der Waals surface area contributed by atoms with Gasteiger partial charge in [0, 0.05) is 11.1 Å². The molecule has 0 aromatic heterocycles. The molecule has 1 atom stereocenters. The van der Waals surface area contributed by atoms with Crippen LogP contribution in [0.5, 0.6) is 11.5 Å². The van der Waals surface area contributed by atoms with E-state index >= 15 is 0 Å². The van der Waals surface area contributed by atoms with Crippen LogP contribution in [0.25, 0.3) is 0 Å². The molecule has 0 spiro atoms. The third-order valence-corrected chi connectivity index (χ3v) is 5.76. The molecule has 0 saturated heterocycles. The van der Waals surface area contributed by atoms with Gasteiger partial charge >= 0.3 is 11.9 Å². The van der Waals surface area contributed by atoms with Crippen molar-refractivity contribution in [2.75, 3.05) is 13.2 Å². The van der Waals surface area contributed by atoms with E-state index in [1.807, 2.05) is 42.5 Å². The van der Waals surface area contributed by atoms with E-state index < -0.39 is 30.7 Å². The van der Waals surface area contributed by atoms with Crippen LogP contribution in [0, 0.1) is 0 Å². The average Bonchev–Trinajstić information content (AvgIpc) is 2.90. The van der Waals surface area contributed by atoms with Crippen molar-refractivity contribution < 1.29 is 33.3 Å². The Kier molecular flexibility index (Phi) is 7.89. The first-order valence-corrected chi connectivity index (χ1v) is 11.9. The molecule has 1 aliphatic heterocycles. The Morgan fingerprint density at radius 2 is 1.68 bits per heavy atom. The van der Waals surface area contributed by atoms with E-state index in [0.29, 0.717) is 17.1 Å². The molecule has 1 aliphatic rings. The molecule has 0 bridgehead atoms. The lowest BCUT2D eigenvalue weighted by Gasteiger charge is -2.27. The van der Waals surface area contributed by atoms with Crippen LogP contribution in [0.2, 0.25) is 0 Å². The van der Waals surface area contributed by atoms with E-state index in [4.69, 9.17) is 18.9 Å². The Hall–Kier alpha value is -4.17. The number of hydrogen-bond acceptors (Lipinski definition) is 7. The van der Waals surface area contributed by atoms with Crippen LogP contribution in [0.3, 0.4) is 0 Å². The molecule has 3 aromatic rings. The first kappa shape index (κ1) is 25.9. The number of benzene rings is 3. The molecule has 1 unspecified atom stereocenters. The quantitative estimate of drug-likeness (QED) is 0.375. The second kappa shape index (κ2) is 11.3. The molecule has 8 heteroatoms. The first-order chi connectivity index (χ1) is 17.7. The maximum Gasteiger partial charge on any atom is 0.346 e. The summed E-state index contributed by atoms with van der Waals surface area (Å²) < 4.78 is 22.0. The van der Waals surface area contributed by atoms with Gasteiger partial charge in [-0.1, -0.05) is 69.3 Å². The number of amides is 1. The average molecular weight is 504 g/mol. The molecule has 1 heterocycles. The van der Waals surface area contributed by atoms with Gasteiger partial charge in [0.15, 0.2) is 6.61 Å². The van der Waals surface area contributed by atoms with Gasteiger partial charge in [-0.15, -0.1) is 0 Å². The van der Waals surface area contributed by atoms with Gasteiger partial charge in [0.05, 0.1) is 12.2 Å². The summed E-state index contributed by atoms with van der Waals surface area (Å²) in [4.78, 5) is 36.9. The van der Waals surface area contributed by atoms with E-state index in [1.54, 1.807) is 24.3 Å². The molecule has 0 aliphatic carbocycles. The maximum atomic E-state index is 12.6. The number of nitrogens with one attached hydrogen (secondary N) is 1. The number of carbonyl (C=O) groups is 3. The summed E-state index contributed by atoms with van der Waals surface area (Å²) in [5.41, 5.74) is 2.65. The second-order valence-electron chi connectivity index (χ2n) is 9.56. The highest BCUT2D eigenvalue weighted by Crippen LogP contribution is 2.35. The van der Waals surface area contributed by atoms with Crippen LogP contribution in [-0.4, -0.2) is 31.0 Å². The van der Waals surface area contributed by atoms with Crippen molar-refractivity contribution in [2.24, 2.45) is 0 Å². The lowest BCUT2D eigenvalue weighted by atomic mass is 9.87. The fourth-order valence-electron chi connectivity index (χ4n) is 3.72. The van der Waals surface area contributed by atoms with E-state index in [2.05, 4.69) is 26.1 Å². The summed E-state index contributed by atoms with van der Waals surface area (Å²) in [7, 11) is 0. The summed E-state index contributed by atoms with van der Waals surface area (Å²) in [6, 6.07) is 21.8. The Bertz CT molecular complexity index is 1260. The molecule has 3 aromatic carbocycles. The minimum Gasteiger partial charge on any atom is -0.484 e. The van der Waals surface area contributed by atoms with Gasteiger partial charge in [0.25, 0.3) is 5.91 Å². The number of esters is 2. The standard InChI is InChI=1S/C29H29NO7/c1-29(2,3)20-12-14-21(15-13-20)34-18-25(31)30-16-26(32)37-27(33)22-10-7-11-24-23(22)17-35-28(36-24)19-8-5-4-6-9-19/h4-15,28H,16-18H2,1-3H3,(H,30,31). The van der Waals surface area contributed by atoms with Crippen molar-refractivity contribution in [1.82, 2.24) is 5.32 Å². The smallest absolute Gasteiger partial charge is 0.346 e. The van der Waals surface area contributed by atoms with Crippen molar-refractivity contribution in [3.63, 3.8) is 0 Å². The minimum absolute atomic E-state index is 0.0113. The molecule has 1 N–H and O–H groups in total. The number of hydrogen-bond donors (Lipinski definition) is 1. The molecule has 0 fully saturated rings. The largest absolute Gasteiger partial charge is 0.484 e. The normalized spacial score (nSPS) is 14.6. The Labute approximate surface area is 215 Å². The Balaban J connectivity index is 1.26. The zero-order valence-electron chi connectivity index (χ0n) is 21.0. The maximum absolute atomic E-state index is 12.6. The SMILES string of the molecule is CC(C)(C)c1ccc(OCC(=O)NCC(=O)OC(=O)c2cccc3c2COC(c2ccccc2)O3)cc1. The van der Waals surface area contributed by atoms with Crippen LogP contribution >= 0.6 is 0 Å². The first-order valence-electron chi connectivity index (χ1n) is 11.9. The zero-order chi connectivity index (χ0) is 26.4. The van der Waals surface area contributed by atoms with E-state index in [9.17, 15) is 14.4 Å². The second-order valence-corrected chi connectivity index (χ2v) is 9.56. The predicted octanol–water partition coefficient (Wildman–Crippen LogP) is 4.47. The lowest BCUT2D eigenvalue weighted by Crippen LogP contribution is -2.35. The third-order valence-electron chi connectivity index (χ3n) is 5.76. The van der Waals surface area contributed by atoms with Gasteiger partial charge in [-0.25, -0.2) is 9.59 Å². The summed E-state index contributed by atoms with van der Waals surface area (Å²) in [6.45, 7) is 5.67. The van der Waals surface area contributed by atoms with Gasteiger partial charge in [-0.05, 0) is 35.2 Å². The highest BCUT2D eigenvalue weighted by molar-refractivity contribution is 5.99. The summed E-state index contributed by atoms with van der Waals surface area (Å²) in [5.74, 6) is -1.26. The third kappa shape index (κ3) is 6.74. The fraction of sp³-hybridized carbons (Fsp3) is 0.276. The highest BCUT2D eigenvalue weighted by Gasteiger charge is 2.27. The molecule has 4 rings (SSSR count). The van der Waals surface area contributed by atoms with E-state index in [1.165, 1.54) is 6.07 Å². The Morgan fingerprint density at radius 1 is 0.946 bits per heavy atom. The molecule has 0 radical (unpaired) electrons. The number of rotatable bonds is 7. The van der Waals surface area contributed by atoms with Crippen LogP contribution in [0.15, 0.2) is 72.8 Å². The topological polar surface area (TPSA) is 100 Å². The highest BCUT2D eigenvalue weighted by atomic mass is 16.7. The predicted molar refractivity (Wildman–Crippen MR) is 135 cm³/mol. The molecule has 1 amide bonds. The van der Waals surface area contributed by atoms with Crippen LogP contribution in [-0.2, 0) is 31.1 Å². The van der Waals surface area contributed by atoms with Crippen LogP contribution in [0.1, 0.15) is 54.1 Å². The summed E-state index contributed by atoms with van der Waals surface area (Å²) in [6.07, 6.45) is -0.601. The van der Waals surface area contributed by atoms with Gasteiger partial charge in [-0.2, -0.15) is 0 Å². The van der Waals surface area contributed by atoms with Gasteiger partial charge in [0.1, 0.15) is 18.0 Å². The number of fused-ring (bicyclic) bond motifs is 1. The monoisotopic (exact) mass is 503 g/mol. The van der Waals surface area contributed by atoms with Crippen LogP contribution in [0.4, 0.5) is 0 Å². The van der Waals surface area contributed by atoms with Crippen LogP contribution < -0.4 is 14.8 Å². The van der Waals surface area contributed by atoms with E-state index in [0.717, 1.165) is 11.1 Å². The molecular formula is C29H29NO7. The lowest BCUT2D eigenvalue weighted by molar-refractivity contribution is -0.139. The zero-order valence-corrected chi connectivity index (χ0v) is 21.0.